The van der Waals surface area contributed by atoms with Crippen LogP contribution in [0.5, 0.6) is 0 Å². The average molecular weight is 590 g/mol. The van der Waals surface area contributed by atoms with Gasteiger partial charge in [0.05, 0.1) is 6.20 Å². The van der Waals surface area contributed by atoms with Gasteiger partial charge in [-0.1, -0.05) is 65.3 Å². The Morgan fingerprint density at radius 2 is 1.51 bits per heavy atom. The van der Waals surface area contributed by atoms with Gasteiger partial charge in [0, 0.05) is 6.42 Å². The molecule has 0 fully saturated rings. The molecule has 3 N–H and O–H groups in total. The van der Waals surface area contributed by atoms with E-state index in [-0.39, 0.29) is 43.6 Å². The molecule has 2 aromatic carbocycles. The summed E-state index contributed by atoms with van der Waals surface area (Å²) in [5.74, 6) is -1.12. The number of ether oxygens (including phenoxy) is 2. The van der Waals surface area contributed by atoms with Gasteiger partial charge in [0.15, 0.2) is 6.54 Å². The molecule has 0 aliphatic rings. The Balaban J connectivity index is 0.00000432. The zero-order valence-corrected chi connectivity index (χ0v) is 21.2. The third kappa shape index (κ3) is 9.69. The van der Waals surface area contributed by atoms with E-state index in [1.165, 1.54) is 18.5 Å². The number of primary amides is 1. The number of carbonyl (C=O) groups is 3. The minimum atomic E-state index is -0.910. The molecule has 1 aromatic heterocycles. The number of aromatic nitrogens is 2. The van der Waals surface area contributed by atoms with Crippen LogP contribution in [0, 0.1) is 0 Å². The fourth-order valence-electron chi connectivity index (χ4n) is 3.15. The summed E-state index contributed by atoms with van der Waals surface area (Å²) in [6.45, 7) is 0.580. The van der Waals surface area contributed by atoms with Gasteiger partial charge in [-0.25, -0.2) is 9.59 Å². The highest BCUT2D eigenvalue weighted by molar-refractivity contribution is 5.92. The number of nitrogens with two attached hydrogens (primary N) is 1. The van der Waals surface area contributed by atoms with Crippen LogP contribution in [-0.4, -0.2) is 29.1 Å². The van der Waals surface area contributed by atoms with E-state index in [0.29, 0.717) is 18.5 Å². The van der Waals surface area contributed by atoms with Crippen molar-refractivity contribution in [2.45, 2.75) is 38.6 Å². The van der Waals surface area contributed by atoms with Gasteiger partial charge in [-0.05, 0) is 28.7 Å². The monoisotopic (exact) mass is 590 g/mol. The van der Waals surface area contributed by atoms with Crippen molar-refractivity contribution in [3.05, 3.63) is 95.8 Å². The van der Waals surface area contributed by atoms with Crippen molar-refractivity contribution in [3.8, 4) is 0 Å². The second kappa shape index (κ2) is 14.7. The Hall–Kier alpha value is -3.54. The van der Waals surface area contributed by atoms with Crippen LogP contribution in [0.3, 0.4) is 0 Å². The third-order valence-electron chi connectivity index (χ3n) is 4.93. The molecule has 35 heavy (non-hydrogen) atoms. The maximum Gasteiger partial charge on any atom is 0.408 e. The minimum absolute atomic E-state index is 0. The molecule has 0 radical (unpaired) electrons. The standard InChI is InChI=1S/C25H26N4O5.HI/c26-23(30)21-13-14-27-29(16-21)15-7-12-22(24(31)33-17-19-8-3-1-4-9-19)28-25(32)34-18-20-10-5-2-6-11-20;/h1-6,8-11,13-14,16,22H,7,12,15,17-18H2,(H2-,26,28,30,32);1H/t22-;/m0./s1. The first-order chi connectivity index (χ1) is 16.5. The SMILES string of the molecule is NC(=O)c1ccn[n+](CCC[C@H](NC(=O)OCc2ccccc2)C(=O)OCc2ccccc2)c1.[I-]. The molecule has 184 valence electrons. The van der Waals surface area contributed by atoms with E-state index in [1.807, 2.05) is 60.7 Å². The van der Waals surface area contributed by atoms with E-state index in [2.05, 4.69) is 10.4 Å². The van der Waals surface area contributed by atoms with E-state index >= 15 is 0 Å². The summed E-state index contributed by atoms with van der Waals surface area (Å²) in [5.41, 5.74) is 7.30. The summed E-state index contributed by atoms with van der Waals surface area (Å²) in [5, 5.41) is 6.74. The summed E-state index contributed by atoms with van der Waals surface area (Å²) in [6.07, 6.45) is 3.05. The van der Waals surface area contributed by atoms with Crippen LogP contribution in [0.15, 0.2) is 79.1 Å². The molecule has 0 aliphatic carbocycles. The first-order valence-electron chi connectivity index (χ1n) is 10.8. The normalized spacial score (nSPS) is 11.0. The van der Waals surface area contributed by atoms with Crippen molar-refractivity contribution in [1.29, 1.82) is 0 Å². The summed E-state index contributed by atoms with van der Waals surface area (Å²) < 4.78 is 12.2. The molecule has 3 rings (SSSR count). The van der Waals surface area contributed by atoms with Gasteiger partial charge in [-0.3, -0.25) is 4.79 Å². The van der Waals surface area contributed by atoms with Gasteiger partial charge in [0.2, 0.25) is 6.20 Å². The minimum Gasteiger partial charge on any atom is -1.00 e. The summed E-state index contributed by atoms with van der Waals surface area (Å²) in [7, 11) is 0. The molecular weight excluding hydrogens is 563 g/mol. The number of hydrogen-bond acceptors (Lipinski definition) is 6. The highest BCUT2D eigenvalue weighted by atomic mass is 127. The molecule has 2 amide bonds. The molecule has 10 heteroatoms. The van der Waals surface area contributed by atoms with Crippen LogP contribution in [0.25, 0.3) is 0 Å². The lowest BCUT2D eigenvalue weighted by atomic mass is 10.1. The zero-order chi connectivity index (χ0) is 24.2. The fraction of sp³-hybridized carbons (Fsp3) is 0.240. The number of nitrogens with zero attached hydrogens (tertiary/aromatic N) is 2. The summed E-state index contributed by atoms with van der Waals surface area (Å²) >= 11 is 0. The topological polar surface area (TPSA) is 124 Å². The van der Waals surface area contributed by atoms with Gasteiger partial charge in [-0.15, -0.1) is 0 Å². The molecule has 0 saturated heterocycles. The second-order valence-electron chi connectivity index (χ2n) is 7.54. The molecule has 0 saturated carbocycles. The Morgan fingerprint density at radius 3 is 2.11 bits per heavy atom. The van der Waals surface area contributed by atoms with E-state index in [9.17, 15) is 14.4 Å². The van der Waals surface area contributed by atoms with Crippen LogP contribution >= 0.6 is 0 Å². The highest BCUT2D eigenvalue weighted by Crippen LogP contribution is 2.07. The number of esters is 1. The maximum absolute atomic E-state index is 12.7. The first-order valence-corrected chi connectivity index (χ1v) is 10.8. The Labute approximate surface area is 220 Å². The number of aryl methyl sites for hydroxylation is 1. The van der Waals surface area contributed by atoms with E-state index < -0.39 is 24.0 Å². The van der Waals surface area contributed by atoms with Crippen LogP contribution in [0.4, 0.5) is 4.79 Å². The predicted octanol–water partition coefficient (Wildman–Crippen LogP) is -0.709. The predicted molar refractivity (Wildman–Crippen MR) is 122 cm³/mol. The lowest BCUT2D eigenvalue weighted by Gasteiger charge is -2.17. The number of rotatable bonds is 11. The zero-order valence-electron chi connectivity index (χ0n) is 19.0. The van der Waals surface area contributed by atoms with Gasteiger partial charge < -0.3 is 44.5 Å². The number of carbonyl (C=O) groups excluding carboxylic acids is 3. The number of amides is 2. The Bertz CT molecular complexity index is 1100. The number of hydrogen-bond donors (Lipinski definition) is 2. The Morgan fingerprint density at radius 1 is 0.914 bits per heavy atom. The van der Waals surface area contributed by atoms with Crippen molar-refractivity contribution < 1.29 is 52.5 Å². The van der Waals surface area contributed by atoms with Gasteiger partial charge in [0.25, 0.3) is 5.91 Å². The number of alkyl carbamates (subject to hydrolysis) is 1. The van der Waals surface area contributed by atoms with Gasteiger partial charge in [-0.2, -0.15) is 0 Å². The van der Waals surface area contributed by atoms with E-state index in [1.54, 1.807) is 4.68 Å². The molecule has 0 aliphatic heterocycles. The smallest absolute Gasteiger partial charge is 0.408 e. The molecule has 0 spiro atoms. The van der Waals surface area contributed by atoms with Crippen molar-refractivity contribution in [2.75, 3.05) is 0 Å². The van der Waals surface area contributed by atoms with Gasteiger partial charge in [0.1, 0.15) is 24.8 Å². The lowest BCUT2D eigenvalue weighted by Crippen LogP contribution is -3.00. The second-order valence-corrected chi connectivity index (χ2v) is 7.54. The summed E-state index contributed by atoms with van der Waals surface area (Å²) in [4.78, 5) is 36.4. The number of halogens is 1. The van der Waals surface area contributed by atoms with Crippen molar-refractivity contribution in [3.63, 3.8) is 0 Å². The number of benzene rings is 2. The molecule has 1 heterocycles. The maximum atomic E-state index is 12.7. The van der Waals surface area contributed by atoms with E-state index in [0.717, 1.165) is 11.1 Å². The quantitative estimate of drug-likeness (QED) is 0.173. The van der Waals surface area contributed by atoms with E-state index in [4.69, 9.17) is 15.2 Å². The molecule has 0 unspecified atom stereocenters. The van der Waals surface area contributed by atoms with Crippen molar-refractivity contribution >= 4 is 18.0 Å². The van der Waals surface area contributed by atoms with Crippen LogP contribution in [0.2, 0.25) is 0 Å². The van der Waals surface area contributed by atoms with Gasteiger partial charge >= 0.3 is 12.1 Å². The Kier molecular flexibility index (Phi) is 11.6. The van der Waals surface area contributed by atoms with Crippen LogP contribution < -0.4 is 39.7 Å². The average Bonchev–Trinajstić information content (AvgIpc) is 2.87. The molecule has 1 atom stereocenters. The van der Waals surface area contributed by atoms with Crippen LogP contribution in [0.1, 0.15) is 34.3 Å². The first kappa shape index (κ1) is 27.7. The number of nitrogens with one attached hydrogen (secondary N) is 1. The fourth-order valence-corrected chi connectivity index (χ4v) is 3.15. The van der Waals surface area contributed by atoms with Crippen LogP contribution in [-0.2, 0) is 34.0 Å². The molecule has 3 aromatic rings. The lowest BCUT2D eigenvalue weighted by molar-refractivity contribution is -0.754. The largest absolute Gasteiger partial charge is 1.00 e. The van der Waals surface area contributed by atoms with Crippen molar-refractivity contribution in [1.82, 2.24) is 10.4 Å². The molecular formula is C25H27IN4O5. The third-order valence-corrected chi connectivity index (χ3v) is 4.93. The molecule has 0 bridgehead atoms. The molecule has 9 nitrogen and oxygen atoms in total. The highest BCUT2D eigenvalue weighted by Gasteiger charge is 2.24. The summed E-state index contributed by atoms with van der Waals surface area (Å²) in [6, 6.07) is 19.1. The van der Waals surface area contributed by atoms with Crippen molar-refractivity contribution in [2.24, 2.45) is 5.73 Å².